The average Bonchev–Trinajstić information content (AvgIpc) is 2.82. The lowest BCUT2D eigenvalue weighted by Crippen LogP contribution is -2.42. The lowest BCUT2D eigenvalue weighted by Gasteiger charge is -2.22. The fourth-order valence-corrected chi connectivity index (χ4v) is 2.22. The molecule has 0 unspecified atom stereocenters. The molecular weight excluding hydrogens is 251 g/mol. The number of rotatable bonds is 2. The monoisotopic (exact) mass is 266 g/mol. The molecule has 5 nitrogen and oxygen atoms in total. The van der Waals surface area contributed by atoms with Gasteiger partial charge in [-0.1, -0.05) is 0 Å². The lowest BCUT2D eigenvalue weighted by atomic mass is 10.2. The number of carbonyl (C=O) groups is 2. The van der Waals surface area contributed by atoms with Crippen LogP contribution in [0.3, 0.4) is 0 Å². The van der Waals surface area contributed by atoms with Crippen molar-refractivity contribution >= 4 is 17.7 Å². The maximum Gasteiger partial charge on any atom is 0.326 e. The number of hydrogen-bond donors (Lipinski definition) is 2. The molecule has 1 saturated heterocycles. The average molecular weight is 266 g/mol. The molecule has 0 radical (unpaired) electrons. The number of nitrogens with zero attached hydrogens (tertiary/aromatic N) is 1. The molecule has 0 spiro atoms. The maximum absolute atomic E-state index is 13.0. The molecule has 1 atom stereocenters. The largest absolute Gasteiger partial charge is 0.480 e. The van der Waals surface area contributed by atoms with E-state index in [9.17, 15) is 14.0 Å². The number of nitrogens with one attached hydrogen (secondary N) is 1. The Kier molecular flexibility index (Phi) is 3.69. The Morgan fingerprint density at radius 1 is 1.47 bits per heavy atom. The van der Waals surface area contributed by atoms with Crippen molar-refractivity contribution in [2.75, 3.05) is 11.9 Å². The normalized spacial score (nSPS) is 18.4. The SMILES string of the molecule is Cc1cc(F)ccc1NC(=O)N1CCC[C@H]1C(=O)O. The van der Waals surface area contributed by atoms with E-state index in [4.69, 9.17) is 5.11 Å². The second-order valence-electron chi connectivity index (χ2n) is 4.58. The number of hydrogen-bond acceptors (Lipinski definition) is 2. The van der Waals surface area contributed by atoms with Crippen molar-refractivity contribution in [3.63, 3.8) is 0 Å². The zero-order valence-corrected chi connectivity index (χ0v) is 10.5. The molecule has 6 heteroatoms. The number of aliphatic carboxylic acids is 1. The number of carbonyl (C=O) groups excluding carboxylic acids is 1. The van der Waals surface area contributed by atoms with Crippen LogP contribution >= 0.6 is 0 Å². The summed E-state index contributed by atoms with van der Waals surface area (Å²) in [4.78, 5) is 24.3. The molecule has 0 aliphatic carbocycles. The van der Waals surface area contributed by atoms with E-state index in [0.29, 0.717) is 30.6 Å². The number of likely N-dealkylation sites (tertiary alicyclic amines) is 1. The van der Waals surface area contributed by atoms with Crippen LogP contribution in [0.25, 0.3) is 0 Å². The predicted molar refractivity (Wildman–Crippen MR) is 67.5 cm³/mol. The van der Waals surface area contributed by atoms with Crippen LogP contribution in [0.4, 0.5) is 14.9 Å². The highest BCUT2D eigenvalue weighted by atomic mass is 19.1. The van der Waals surface area contributed by atoms with Crippen LogP contribution in [0, 0.1) is 12.7 Å². The van der Waals surface area contributed by atoms with Gasteiger partial charge in [-0.25, -0.2) is 14.0 Å². The Labute approximate surface area is 110 Å². The van der Waals surface area contributed by atoms with Gasteiger partial charge in [0.15, 0.2) is 0 Å². The summed E-state index contributed by atoms with van der Waals surface area (Å²) in [7, 11) is 0. The first kappa shape index (κ1) is 13.3. The molecular formula is C13H15FN2O3. The predicted octanol–water partition coefficient (Wildman–Crippen LogP) is 2.22. The van der Waals surface area contributed by atoms with E-state index in [2.05, 4.69) is 5.32 Å². The maximum atomic E-state index is 13.0. The standard InChI is InChI=1S/C13H15FN2O3/c1-8-7-9(14)4-5-10(8)15-13(19)16-6-2-3-11(16)12(17)18/h4-5,7,11H,2-3,6H2,1H3,(H,15,19)(H,17,18)/t11-/m0/s1. The van der Waals surface area contributed by atoms with Gasteiger partial charge in [0.25, 0.3) is 0 Å². The second kappa shape index (κ2) is 5.26. The zero-order valence-electron chi connectivity index (χ0n) is 10.5. The van der Waals surface area contributed by atoms with Crippen LogP contribution in [0.1, 0.15) is 18.4 Å². The molecule has 0 aromatic heterocycles. The molecule has 2 N–H and O–H groups in total. The number of carboxylic acids is 1. The van der Waals surface area contributed by atoms with Crippen molar-refractivity contribution in [3.05, 3.63) is 29.6 Å². The van der Waals surface area contributed by atoms with E-state index in [1.807, 2.05) is 0 Å². The minimum atomic E-state index is -0.997. The van der Waals surface area contributed by atoms with Crippen LogP contribution in [0.5, 0.6) is 0 Å². The highest BCUT2D eigenvalue weighted by Crippen LogP contribution is 2.21. The van der Waals surface area contributed by atoms with Crippen molar-refractivity contribution in [1.82, 2.24) is 4.90 Å². The summed E-state index contributed by atoms with van der Waals surface area (Å²) >= 11 is 0. The molecule has 1 heterocycles. The van der Waals surface area contributed by atoms with E-state index >= 15 is 0 Å². The number of halogens is 1. The van der Waals surface area contributed by atoms with Crippen LogP contribution in [0.2, 0.25) is 0 Å². The van der Waals surface area contributed by atoms with Gasteiger partial charge < -0.3 is 15.3 Å². The first-order valence-electron chi connectivity index (χ1n) is 6.05. The van der Waals surface area contributed by atoms with Gasteiger partial charge in [0.05, 0.1) is 0 Å². The van der Waals surface area contributed by atoms with Gasteiger partial charge in [0, 0.05) is 12.2 Å². The van der Waals surface area contributed by atoms with Crippen molar-refractivity contribution in [1.29, 1.82) is 0 Å². The summed E-state index contributed by atoms with van der Waals surface area (Å²) in [6.45, 7) is 2.10. The molecule has 2 amide bonds. The topological polar surface area (TPSA) is 69.6 Å². The fourth-order valence-electron chi connectivity index (χ4n) is 2.22. The smallest absolute Gasteiger partial charge is 0.326 e. The fraction of sp³-hybridized carbons (Fsp3) is 0.385. The Morgan fingerprint density at radius 2 is 2.21 bits per heavy atom. The summed E-state index contributed by atoms with van der Waals surface area (Å²) in [6, 6.07) is 2.80. The molecule has 1 aliphatic heterocycles. The molecule has 1 aromatic rings. The van der Waals surface area contributed by atoms with Crippen LogP contribution in [-0.2, 0) is 4.79 Å². The van der Waals surface area contributed by atoms with Crippen molar-refractivity contribution in [2.45, 2.75) is 25.8 Å². The van der Waals surface area contributed by atoms with E-state index in [1.165, 1.54) is 23.1 Å². The third kappa shape index (κ3) is 2.83. The van der Waals surface area contributed by atoms with E-state index < -0.39 is 18.0 Å². The molecule has 0 bridgehead atoms. The van der Waals surface area contributed by atoms with Gasteiger partial charge in [0.1, 0.15) is 11.9 Å². The third-order valence-electron chi connectivity index (χ3n) is 3.23. The van der Waals surface area contributed by atoms with Crippen molar-refractivity contribution in [2.24, 2.45) is 0 Å². The summed E-state index contributed by atoms with van der Waals surface area (Å²) in [5.74, 6) is -1.37. The highest BCUT2D eigenvalue weighted by Gasteiger charge is 2.34. The van der Waals surface area contributed by atoms with Gasteiger partial charge in [0.2, 0.25) is 0 Å². The summed E-state index contributed by atoms with van der Waals surface area (Å²) in [6.07, 6.45) is 1.14. The highest BCUT2D eigenvalue weighted by molar-refractivity contribution is 5.93. The van der Waals surface area contributed by atoms with Crippen LogP contribution < -0.4 is 5.32 Å². The second-order valence-corrected chi connectivity index (χ2v) is 4.58. The number of urea groups is 1. The quantitative estimate of drug-likeness (QED) is 0.862. The van der Waals surface area contributed by atoms with Crippen molar-refractivity contribution < 1.29 is 19.1 Å². The number of benzene rings is 1. The summed E-state index contributed by atoms with van der Waals surface area (Å²) in [5.41, 5.74) is 1.09. The number of carboxylic acid groups (broad SMARTS) is 1. The molecule has 0 saturated carbocycles. The van der Waals surface area contributed by atoms with Gasteiger partial charge >= 0.3 is 12.0 Å². The molecule has 1 aliphatic rings. The lowest BCUT2D eigenvalue weighted by molar-refractivity contribution is -0.141. The molecule has 2 rings (SSSR count). The van der Waals surface area contributed by atoms with Gasteiger partial charge in [-0.3, -0.25) is 0 Å². The Hall–Kier alpha value is -2.11. The number of amides is 2. The summed E-state index contributed by atoms with van der Waals surface area (Å²) in [5, 5.41) is 11.6. The first-order valence-corrected chi connectivity index (χ1v) is 6.05. The Balaban J connectivity index is 2.10. The van der Waals surface area contributed by atoms with Crippen molar-refractivity contribution in [3.8, 4) is 0 Å². The van der Waals surface area contributed by atoms with Gasteiger partial charge in [-0.05, 0) is 43.5 Å². The third-order valence-corrected chi connectivity index (χ3v) is 3.23. The van der Waals surface area contributed by atoms with E-state index in [-0.39, 0.29) is 5.82 Å². The molecule has 19 heavy (non-hydrogen) atoms. The van der Waals surface area contributed by atoms with Crippen LogP contribution in [-0.4, -0.2) is 34.6 Å². The van der Waals surface area contributed by atoms with Gasteiger partial charge in [-0.15, -0.1) is 0 Å². The Morgan fingerprint density at radius 3 is 2.84 bits per heavy atom. The number of anilines is 1. The first-order chi connectivity index (χ1) is 8.99. The van der Waals surface area contributed by atoms with E-state index in [1.54, 1.807) is 6.92 Å². The van der Waals surface area contributed by atoms with Crippen LogP contribution in [0.15, 0.2) is 18.2 Å². The summed E-state index contributed by atoms with van der Waals surface area (Å²) < 4.78 is 13.0. The minimum absolute atomic E-state index is 0.375. The van der Waals surface area contributed by atoms with Gasteiger partial charge in [-0.2, -0.15) is 0 Å². The molecule has 1 aromatic carbocycles. The zero-order chi connectivity index (χ0) is 14.0. The number of aryl methyl sites for hydroxylation is 1. The molecule has 1 fully saturated rings. The minimum Gasteiger partial charge on any atom is -0.480 e. The molecule has 102 valence electrons. The van der Waals surface area contributed by atoms with E-state index in [0.717, 1.165) is 0 Å². The Bertz CT molecular complexity index is 519.